The largest absolute Gasteiger partial charge is 0.364 e. The molecule has 0 aliphatic rings. The van der Waals surface area contributed by atoms with Gasteiger partial charge < -0.3 is 9.09 Å². The molecule has 0 bridgehead atoms. The summed E-state index contributed by atoms with van der Waals surface area (Å²) in [6.45, 7) is 0.645. The molecule has 0 aliphatic carbocycles. The molecule has 1 unspecified atom stereocenters. The second-order valence-electron chi connectivity index (χ2n) is 4.22. The van der Waals surface area contributed by atoms with E-state index in [4.69, 9.17) is 4.52 Å². The molecule has 6 heteroatoms. The number of hydrogen-bond donors (Lipinski definition) is 1. The average molecular weight is 274 g/mol. The molecule has 0 radical (unpaired) electrons. The van der Waals surface area contributed by atoms with Crippen molar-refractivity contribution in [2.75, 3.05) is 0 Å². The zero-order valence-electron chi connectivity index (χ0n) is 10.5. The minimum atomic E-state index is 0.0664. The highest BCUT2D eigenvalue weighted by Crippen LogP contribution is 2.24. The first-order valence-electron chi connectivity index (χ1n) is 5.98. The predicted molar refractivity (Wildman–Crippen MR) is 72.7 cm³/mol. The zero-order chi connectivity index (χ0) is 13.1. The predicted octanol–water partition coefficient (Wildman–Crippen LogP) is 2.35. The van der Waals surface area contributed by atoms with Gasteiger partial charge in [-0.3, -0.25) is 5.32 Å². The Morgan fingerprint density at radius 3 is 3.05 bits per heavy atom. The quantitative estimate of drug-likeness (QED) is 0.776. The number of hydrogen-bond acceptors (Lipinski definition) is 5. The Labute approximate surface area is 114 Å². The molecular formula is C13H14N4OS. The molecule has 98 valence electrons. The van der Waals surface area contributed by atoms with Gasteiger partial charge in [-0.2, -0.15) is 0 Å². The molecule has 3 heterocycles. The van der Waals surface area contributed by atoms with Crippen LogP contribution in [-0.2, 0) is 13.6 Å². The monoisotopic (exact) mass is 274 g/mol. The summed E-state index contributed by atoms with van der Waals surface area (Å²) in [5.41, 5.74) is 0.885. The molecular weight excluding hydrogens is 260 g/mol. The van der Waals surface area contributed by atoms with E-state index in [9.17, 15) is 0 Å². The maximum absolute atomic E-state index is 4.84. The van der Waals surface area contributed by atoms with Gasteiger partial charge in [-0.25, -0.2) is 4.98 Å². The molecule has 0 saturated heterocycles. The molecule has 3 aromatic rings. The third-order valence-electron chi connectivity index (χ3n) is 2.92. The lowest BCUT2D eigenvalue weighted by atomic mass is 10.2. The van der Waals surface area contributed by atoms with Gasteiger partial charge in [0.05, 0.1) is 5.69 Å². The van der Waals surface area contributed by atoms with Crippen molar-refractivity contribution in [3.8, 4) is 0 Å². The van der Waals surface area contributed by atoms with E-state index in [-0.39, 0.29) is 6.04 Å². The van der Waals surface area contributed by atoms with Crippen molar-refractivity contribution < 1.29 is 4.52 Å². The third-order valence-corrected chi connectivity index (χ3v) is 3.86. The smallest absolute Gasteiger partial charge is 0.131 e. The fraction of sp³-hybridized carbons (Fsp3) is 0.231. The summed E-state index contributed by atoms with van der Waals surface area (Å²) in [6, 6.07) is 6.08. The van der Waals surface area contributed by atoms with Crippen LogP contribution in [0.3, 0.4) is 0 Å². The van der Waals surface area contributed by atoms with Crippen molar-refractivity contribution in [1.82, 2.24) is 20.0 Å². The molecule has 5 nitrogen and oxygen atoms in total. The molecule has 19 heavy (non-hydrogen) atoms. The summed E-state index contributed by atoms with van der Waals surface area (Å²) in [4.78, 5) is 5.67. The highest BCUT2D eigenvalue weighted by molar-refractivity contribution is 7.10. The summed E-state index contributed by atoms with van der Waals surface area (Å²) in [5, 5.41) is 9.46. The van der Waals surface area contributed by atoms with E-state index in [0.29, 0.717) is 6.54 Å². The molecule has 1 atom stereocenters. The number of aromatic nitrogens is 3. The number of nitrogens with one attached hydrogen (secondary N) is 1. The summed E-state index contributed by atoms with van der Waals surface area (Å²) >= 11 is 1.72. The van der Waals surface area contributed by atoms with Crippen molar-refractivity contribution in [2.45, 2.75) is 12.6 Å². The van der Waals surface area contributed by atoms with Crippen molar-refractivity contribution in [1.29, 1.82) is 0 Å². The maximum atomic E-state index is 4.84. The Balaban J connectivity index is 1.83. The van der Waals surface area contributed by atoms with E-state index >= 15 is 0 Å². The van der Waals surface area contributed by atoms with Crippen molar-refractivity contribution >= 4 is 11.3 Å². The Bertz CT molecular complexity index is 615. The maximum Gasteiger partial charge on any atom is 0.131 e. The summed E-state index contributed by atoms with van der Waals surface area (Å²) in [5.74, 6) is 0.992. The first kappa shape index (κ1) is 12.1. The minimum Gasteiger partial charge on any atom is -0.364 e. The molecule has 3 aromatic heterocycles. The van der Waals surface area contributed by atoms with Crippen LogP contribution in [0, 0.1) is 0 Å². The fourth-order valence-corrected chi connectivity index (χ4v) is 2.76. The summed E-state index contributed by atoms with van der Waals surface area (Å²) in [7, 11) is 2.00. The van der Waals surface area contributed by atoms with Gasteiger partial charge in [0.2, 0.25) is 0 Å². The molecule has 1 N–H and O–H groups in total. The van der Waals surface area contributed by atoms with Crippen molar-refractivity contribution in [3.05, 3.63) is 58.6 Å². The van der Waals surface area contributed by atoms with E-state index in [1.165, 1.54) is 4.88 Å². The van der Waals surface area contributed by atoms with Gasteiger partial charge in [0.1, 0.15) is 18.1 Å². The van der Waals surface area contributed by atoms with Crippen LogP contribution in [0.1, 0.15) is 22.4 Å². The molecule has 3 rings (SSSR count). The Morgan fingerprint density at radius 2 is 2.42 bits per heavy atom. The second kappa shape index (κ2) is 5.38. The Hall–Kier alpha value is -1.92. The van der Waals surface area contributed by atoms with Crippen LogP contribution < -0.4 is 5.32 Å². The lowest BCUT2D eigenvalue weighted by molar-refractivity contribution is 0.406. The van der Waals surface area contributed by atoms with Gasteiger partial charge in [0.25, 0.3) is 0 Å². The zero-order valence-corrected chi connectivity index (χ0v) is 11.3. The highest BCUT2D eigenvalue weighted by atomic mass is 32.1. The van der Waals surface area contributed by atoms with Gasteiger partial charge in [0.15, 0.2) is 0 Å². The van der Waals surface area contributed by atoms with Crippen LogP contribution in [-0.4, -0.2) is 14.7 Å². The van der Waals surface area contributed by atoms with Crippen LogP contribution in [0.4, 0.5) is 0 Å². The van der Waals surface area contributed by atoms with Gasteiger partial charge in [0, 0.05) is 36.9 Å². The lowest BCUT2D eigenvalue weighted by Gasteiger charge is -2.16. The van der Waals surface area contributed by atoms with E-state index in [2.05, 4.69) is 26.9 Å². The molecule has 0 fully saturated rings. The normalized spacial score (nSPS) is 12.7. The van der Waals surface area contributed by atoms with E-state index in [0.717, 1.165) is 11.5 Å². The molecule has 0 saturated carbocycles. The summed E-state index contributed by atoms with van der Waals surface area (Å²) in [6.07, 6.45) is 5.35. The lowest BCUT2D eigenvalue weighted by Crippen LogP contribution is -2.24. The fourth-order valence-electron chi connectivity index (χ4n) is 1.97. The van der Waals surface area contributed by atoms with Crippen LogP contribution in [0.15, 0.2) is 46.8 Å². The van der Waals surface area contributed by atoms with Gasteiger partial charge in [-0.05, 0) is 11.4 Å². The standard InChI is InChI=1S/C13H14N4OS/c1-17-6-5-14-13(17)12(11-3-2-8-19-11)15-9-10-4-7-18-16-10/h2-8,12,15H,9H2,1H3. The van der Waals surface area contributed by atoms with E-state index < -0.39 is 0 Å². The second-order valence-corrected chi connectivity index (χ2v) is 5.20. The van der Waals surface area contributed by atoms with E-state index in [1.54, 1.807) is 17.6 Å². The van der Waals surface area contributed by atoms with Crippen molar-refractivity contribution in [2.24, 2.45) is 7.05 Å². The minimum absolute atomic E-state index is 0.0664. The topological polar surface area (TPSA) is 55.9 Å². The number of imidazole rings is 1. The Morgan fingerprint density at radius 1 is 1.47 bits per heavy atom. The SMILES string of the molecule is Cn1ccnc1C(NCc1ccon1)c1cccs1. The van der Waals surface area contributed by atoms with Crippen LogP contribution >= 0.6 is 11.3 Å². The number of aryl methyl sites for hydroxylation is 1. The van der Waals surface area contributed by atoms with Crippen molar-refractivity contribution in [3.63, 3.8) is 0 Å². The number of thiophene rings is 1. The molecule has 0 aliphatic heterocycles. The number of rotatable bonds is 5. The molecule has 0 aromatic carbocycles. The Kier molecular flexibility index (Phi) is 3.43. The molecule has 0 spiro atoms. The van der Waals surface area contributed by atoms with Gasteiger partial charge in [-0.1, -0.05) is 11.2 Å². The summed E-state index contributed by atoms with van der Waals surface area (Å²) < 4.78 is 6.87. The van der Waals surface area contributed by atoms with Crippen LogP contribution in [0.5, 0.6) is 0 Å². The molecule has 0 amide bonds. The van der Waals surface area contributed by atoms with Gasteiger partial charge >= 0.3 is 0 Å². The first-order chi connectivity index (χ1) is 9.34. The number of nitrogens with zero attached hydrogens (tertiary/aromatic N) is 3. The highest BCUT2D eigenvalue weighted by Gasteiger charge is 2.19. The first-order valence-corrected chi connectivity index (χ1v) is 6.86. The average Bonchev–Trinajstić information content (AvgIpc) is 3.13. The van der Waals surface area contributed by atoms with Gasteiger partial charge in [-0.15, -0.1) is 11.3 Å². The van der Waals surface area contributed by atoms with Crippen LogP contribution in [0.2, 0.25) is 0 Å². The third kappa shape index (κ3) is 2.59. The van der Waals surface area contributed by atoms with E-state index in [1.807, 2.05) is 36.1 Å². The van der Waals surface area contributed by atoms with Crippen LogP contribution in [0.25, 0.3) is 0 Å².